The fourth-order valence-corrected chi connectivity index (χ4v) is 1.81. The lowest BCUT2D eigenvalue weighted by molar-refractivity contribution is 0.0597. The summed E-state index contributed by atoms with van der Waals surface area (Å²) < 4.78 is 12.0. The standard InChI is InChI=1S/C14H16N2O3/c1-10-5-4-6-11(14(17)18-3)12(10)9-19-13-7-8-16(2)15-13/h4-8H,9H2,1-3H3. The number of carbonyl (C=O) groups is 1. The van der Waals surface area contributed by atoms with Crippen molar-refractivity contribution in [3.63, 3.8) is 0 Å². The molecule has 0 N–H and O–H groups in total. The van der Waals surface area contributed by atoms with Gasteiger partial charge in [0.2, 0.25) is 5.88 Å². The van der Waals surface area contributed by atoms with Gasteiger partial charge in [-0.2, -0.15) is 0 Å². The number of ether oxygens (including phenoxy) is 2. The number of benzene rings is 1. The summed E-state index contributed by atoms with van der Waals surface area (Å²) in [5, 5.41) is 4.13. The van der Waals surface area contributed by atoms with Crippen LogP contribution in [0.2, 0.25) is 0 Å². The highest BCUT2D eigenvalue weighted by atomic mass is 16.5. The summed E-state index contributed by atoms with van der Waals surface area (Å²) in [6.45, 7) is 2.22. The van der Waals surface area contributed by atoms with Gasteiger partial charge in [-0.1, -0.05) is 12.1 Å². The maximum atomic E-state index is 11.7. The monoisotopic (exact) mass is 260 g/mol. The van der Waals surface area contributed by atoms with E-state index in [1.165, 1.54) is 7.11 Å². The quantitative estimate of drug-likeness (QED) is 0.790. The normalized spacial score (nSPS) is 10.3. The second kappa shape index (κ2) is 5.56. The van der Waals surface area contributed by atoms with Crippen molar-refractivity contribution in [3.8, 4) is 5.88 Å². The predicted molar refractivity (Wildman–Crippen MR) is 70.1 cm³/mol. The first kappa shape index (κ1) is 13.1. The van der Waals surface area contributed by atoms with E-state index in [2.05, 4.69) is 5.10 Å². The summed E-state index contributed by atoms with van der Waals surface area (Å²) in [5.74, 6) is 0.171. The third-order valence-electron chi connectivity index (χ3n) is 2.87. The first-order valence-corrected chi connectivity index (χ1v) is 5.91. The number of rotatable bonds is 4. The van der Waals surface area contributed by atoms with Crippen molar-refractivity contribution in [2.75, 3.05) is 7.11 Å². The lowest BCUT2D eigenvalue weighted by atomic mass is 10.0. The molecule has 5 nitrogen and oxygen atoms in total. The Morgan fingerprint density at radius 1 is 1.37 bits per heavy atom. The zero-order chi connectivity index (χ0) is 13.8. The molecule has 1 aromatic heterocycles. The molecule has 0 amide bonds. The Bertz CT molecular complexity index is 590. The zero-order valence-corrected chi connectivity index (χ0v) is 11.2. The topological polar surface area (TPSA) is 53.4 Å². The van der Waals surface area contributed by atoms with Gasteiger partial charge in [-0.05, 0) is 18.6 Å². The summed E-state index contributed by atoms with van der Waals surface area (Å²) in [6.07, 6.45) is 1.80. The van der Waals surface area contributed by atoms with Crippen LogP contribution in [-0.2, 0) is 18.4 Å². The molecule has 0 saturated heterocycles. The number of carbonyl (C=O) groups excluding carboxylic acids is 1. The molecule has 0 bridgehead atoms. The van der Waals surface area contributed by atoms with Crippen LogP contribution in [0.3, 0.4) is 0 Å². The van der Waals surface area contributed by atoms with Crippen LogP contribution < -0.4 is 4.74 Å². The van der Waals surface area contributed by atoms with Crippen LogP contribution in [-0.4, -0.2) is 22.9 Å². The predicted octanol–water partition coefficient (Wildman–Crippen LogP) is 2.09. The van der Waals surface area contributed by atoms with Crippen molar-refractivity contribution < 1.29 is 14.3 Å². The number of hydrogen-bond donors (Lipinski definition) is 0. The minimum atomic E-state index is -0.358. The zero-order valence-electron chi connectivity index (χ0n) is 11.2. The average molecular weight is 260 g/mol. The summed E-state index contributed by atoms with van der Waals surface area (Å²) >= 11 is 0. The van der Waals surface area contributed by atoms with E-state index in [0.717, 1.165) is 11.1 Å². The minimum absolute atomic E-state index is 0.286. The lowest BCUT2D eigenvalue weighted by Crippen LogP contribution is -2.09. The van der Waals surface area contributed by atoms with Gasteiger partial charge in [-0.25, -0.2) is 4.79 Å². The molecule has 19 heavy (non-hydrogen) atoms. The lowest BCUT2D eigenvalue weighted by Gasteiger charge is -2.11. The summed E-state index contributed by atoms with van der Waals surface area (Å²) in [5.41, 5.74) is 2.33. The molecule has 0 radical (unpaired) electrons. The highest BCUT2D eigenvalue weighted by molar-refractivity contribution is 5.91. The number of aromatic nitrogens is 2. The van der Waals surface area contributed by atoms with Crippen molar-refractivity contribution in [2.45, 2.75) is 13.5 Å². The maximum Gasteiger partial charge on any atom is 0.338 e. The Labute approximate surface area is 111 Å². The van der Waals surface area contributed by atoms with Crippen molar-refractivity contribution in [1.82, 2.24) is 9.78 Å². The Hall–Kier alpha value is -2.30. The van der Waals surface area contributed by atoms with Crippen molar-refractivity contribution in [1.29, 1.82) is 0 Å². The summed E-state index contributed by atoms with van der Waals surface area (Å²) in [4.78, 5) is 11.7. The van der Waals surface area contributed by atoms with Gasteiger partial charge in [0.25, 0.3) is 0 Å². The summed E-state index contributed by atoms with van der Waals surface area (Å²) in [7, 11) is 3.19. The van der Waals surface area contributed by atoms with Crippen LogP contribution in [0.4, 0.5) is 0 Å². The minimum Gasteiger partial charge on any atom is -0.472 e. The maximum absolute atomic E-state index is 11.7. The molecule has 2 rings (SSSR count). The second-order valence-corrected chi connectivity index (χ2v) is 4.21. The number of methoxy groups -OCH3 is 1. The average Bonchev–Trinajstić information content (AvgIpc) is 2.82. The number of hydrogen-bond acceptors (Lipinski definition) is 4. The van der Waals surface area contributed by atoms with E-state index in [4.69, 9.17) is 9.47 Å². The van der Waals surface area contributed by atoms with Gasteiger partial charge in [0.05, 0.1) is 12.7 Å². The highest BCUT2D eigenvalue weighted by Crippen LogP contribution is 2.18. The molecule has 0 aliphatic carbocycles. The van der Waals surface area contributed by atoms with Gasteiger partial charge >= 0.3 is 5.97 Å². The molecular weight excluding hydrogens is 244 g/mol. The highest BCUT2D eigenvalue weighted by Gasteiger charge is 2.14. The Morgan fingerprint density at radius 3 is 2.79 bits per heavy atom. The summed E-state index contributed by atoms with van der Waals surface area (Å²) in [6, 6.07) is 7.27. The Balaban J connectivity index is 2.21. The molecule has 0 spiro atoms. The molecule has 1 heterocycles. The van der Waals surface area contributed by atoms with Gasteiger partial charge in [0, 0.05) is 24.9 Å². The van der Waals surface area contributed by atoms with E-state index < -0.39 is 0 Å². The van der Waals surface area contributed by atoms with Gasteiger partial charge in [-0.3, -0.25) is 4.68 Å². The van der Waals surface area contributed by atoms with Gasteiger partial charge in [0.15, 0.2) is 0 Å². The van der Waals surface area contributed by atoms with Crippen LogP contribution in [0, 0.1) is 6.92 Å². The van der Waals surface area contributed by atoms with Gasteiger partial charge in [-0.15, -0.1) is 5.10 Å². The van der Waals surface area contributed by atoms with Gasteiger partial charge < -0.3 is 9.47 Å². The second-order valence-electron chi connectivity index (χ2n) is 4.21. The molecule has 2 aromatic rings. The molecule has 0 fully saturated rings. The van der Waals surface area contributed by atoms with Crippen LogP contribution in [0.5, 0.6) is 5.88 Å². The number of aryl methyl sites for hydroxylation is 2. The number of esters is 1. The van der Waals surface area contributed by atoms with E-state index in [9.17, 15) is 4.79 Å². The molecule has 1 aromatic carbocycles. The van der Waals surface area contributed by atoms with E-state index in [-0.39, 0.29) is 12.6 Å². The molecule has 5 heteroatoms. The van der Waals surface area contributed by atoms with E-state index in [1.54, 1.807) is 23.0 Å². The van der Waals surface area contributed by atoms with Crippen LogP contribution >= 0.6 is 0 Å². The fourth-order valence-electron chi connectivity index (χ4n) is 1.81. The SMILES string of the molecule is COC(=O)c1cccc(C)c1COc1ccn(C)n1. The van der Waals surface area contributed by atoms with E-state index in [1.807, 2.05) is 26.1 Å². The molecule has 0 aliphatic heterocycles. The number of nitrogens with zero attached hydrogens (tertiary/aromatic N) is 2. The third kappa shape index (κ3) is 2.93. The van der Waals surface area contributed by atoms with Crippen LogP contribution in [0.1, 0.15) is 21.5 Å². The molecule has 0 saturated carbocycles. The molecule has 0 unspecified atom stereocenters. The van der Waals surface area contributed by atoms with Crippen LogP contribution in [0.15, 0.2) is 30.5 Å². The van der Waals surface area contributed by atoms with E-state index >= 15 is 0 Å². The molecule has 100 valence electrons. The van der Waals surface area contributed by atoms with E-state index in [0.29, 0.717) is 11.4 Å². The fraction of sp³-hybridized carbons (Fsp3) is 0.286. The molecular formula is C14H16N2O3. The van der Waals surface area contributed by atoms with Crippen molar-refractivity contribution >= 4 is 5.97 Å². The smallest absolute Gasteiger partial charge is 0.338 e. The third-order valence-corrected chi connectivity index (χ3v) is 2.87. The first-order valence-electron chi connectivity index (χ1n) is 5.91. The Morgan fingerprint density at radius 2 is 2.16 bits per heavy atom. The largest absolute Gasteiger partial charge is 0.472 e. The molecule has 0 aliphatic rings. The molecule has 0 atom stereocenters. The Kier molecular flexibility index (Phi) is 3.85. The van der Waals surface area contributed by atoms with Crippen molar-refractivity contribution in [3.05, 3.63) is 47.2 Å². The van der Waals surface area contributed by atoms with Crippen LogP contribution in [0.25, 0.3) is 0 Å². The van der Waals surface area contributed by atoms with Crippen molar-refractivity contribution in [2.24, 2.45) is 7.05 Å². The first-order chi connectivity index (χ1) is 9.11. The van der Waals surface area contributed by atoms with Gasteiger partial charge in [0.1, 0.15) is 6.61 Å².